The average Bonchev–Trinajstić information content (AvgIpc) is 2.37. The number of primary sulfonamides is 1. The highest BCUT2D eigenvalue weighted by atomic mass is 79.9. The molecule has 0 fully saturated rings. The van der Waals surface area contributed by atoms with Crippen molar-refractivity contribution in [3.05, 3.63) is 22.2 Å². The van der Waals surface area contributed by atoms with Crippen molar-refractivity contribution in [2.45, 2.75) is 38.2 Å². The molecule has 1 atom stereocenters. The van der Waals surface area contributed by atoms with E-state index in [1.807, 2.05) is 6.92 Å². The molecule has 118 valence electrons. The fourth-order valence-corrected chi connectivity index (χ4v) is 3.17. The summed E-state index contributed by atoms with van der Waals surface area (Å²) in [6.45, 7) is 5.71. The van der Waals surface area contributed by atoms with Crippen molar-refractivity contribution in [3.8, 4) is 5.75 Å². The Labute approximate surface area is 133 Å². The number of nitrogens with one attached hydrogen (secondary N) is 1. The molecule has 0 spiro atoms. The number of hydrogen-bond donors (Lipinski definition) is 2. The number of rotatable bonds is 6. The number of nitrogens with two attached hydrogens (primary N) is 1. The molecule has 0 aromatic heterocycles. The van der Waals surface area contributed by atoms with Crippen LogP contribution in [0, 0.1) is 6.92 Å². The number of halogens is 1. The van der Waals surface area contributed by atoms with Crippen LogP contribution < -0.4 is 15.2 Å². The van der Waals surface area contributed by atoms with Crippen LogP contribution in [0.3, 0.4) is 0 Å². The third-order valence-electron chi connectivity index (χ3n) is 2.72. The van der Waals surface area contributed by atoms with Gasteiger partial charge >= 0.3 is 0 Å². The number of aryl methyl sites for hydroxylation is 1. The molecule has 1 aromatic carbocycles. The van der Waals surface area contributed by atoms with Gasteiger partial charge in [-0.1, -0.05) is 22.9 Å². The minimum absolute atomic E-state index is 0.0971. The van der Waals surface area contributed by atoms with E-state index in [9.17, 15) is 13.2 Å². The van der Waals surface area contributed by atoms with Crippen LogP contribution in [0.5, 0.6) is 5.75 Å². The summed E-state index contributed by atoms with van der Waals surface area (Å²) in [6, 6.07) is 3.05. The number of hydrogen-bond acceptors (Lipinski definition) is 4. The van der Waals surface area contributed by atoms with Gasteiger partial charge in [0, 0.05) is 11.0 Å². The second-order valence-electron chi connectivity index (χ2n) is 4.65. The van der Waals surface area contributed by atoms with E-state index >= 15 is 0 Å². The minimum atomic E-state index is -3.95. The summed E-state index contributed by atoms with van der Waals surface area (Å²) in [4.78, 5) is 11.7. The van der Waals surface area contributed by atoms with Gasteiger partial charge in [0.2, 0.25) is 10.0 Å². The molecule has 1 rings (SSSR count). The molecular formula is C13H19BrN2O4S. The third kappa shape index (κ3) is 4.98. The van der Waals surface area contributed by atoms with Gasteiger partial charge in [0.1, 0.15) is 10.6 Å². The summed E-state index contributed by atoms with van der Waals surface area (Å²) in [5, 5.41) is 7.89. The first-order chi connectivity index (χ1) is 9.66. The molecule has 0 bridgehead atoms. The van der Waals surface area contributed by atoms with E-state index < -0.39 is 16.1 Å². The van der Waals surface area contributed by atoms with Crippen LogP contribution in [0.25, 0.3) is 0 Å². The molecule has 0 aliphatic rings. The largest absolute Gasteiger partial charge is 0.479 e. The zero-order valence-corrected chi connectivity index (χ0v) is 14.5. The maximum atomic E-state index is 11.8. The Bertz CT molecular complexity index is 631. The lowest BCUT2D eigenvalue weighted by atomic mass is 10.2. The second-order valence-corrected chi connectivity index (χ2v) is 7.09. The van der Waals surface area contributed by atoms with Crippen molar-refractivity contribution >= 4 is 31.9 Å². The van der Waals surface area contributed by atoms with Gasteiger partial charge in [-0.3, -0.25) is 4.79 Å². The molecule has 8 heteroatoms. The van der Waals surface area contributed by atoms with E-state index in [-0.39, 0.29) is 16.6 Å². The van der Waals surface area contributed by atoms with Crippen LogP contribution in [-0.2, 0) is 14.8 Å². The maximum absolute atomic E-state index is 11.8. The summed E-state index contributed by atoms with van der Waals surface area (Å²) in [5.74, 6) is -0.209. The van der Waals surface area contributed by atoms with E-state index in [1.54, 1.807) is 19.9 Å². The lowest BCUT2D eigenvalue weighted by Gasteiger charge is -2.18. The smallest absolute Gasteiger partial charge is 0.260 e. The number of carbonyl (C=O) groups is 1. The Hall–Kier alpha value is -1.12. The summed E-state index contributed by atoms with van der Waals surface area (Å²) in [5.41, 5.74) is 0.573. The molecule has 1 unspecified atom stereocenters. The highest BCUT2D eigenvalue weighted by molar-refractivity contribution is 9.10. The van der Waals surface area contributed by atoms with Crippen molar-refractivity contribution in [1.82, 2.24) is 5.32 Å². The normalized spacial score (nSPS) is 12.8. The number of carbonyl (C=O) groups excluding carboxylic acids is 1. The molecule has 0 saturated carbocycles. The third-order valence-corrected chi connectivity index (χ3v) is 4.10. The molecule has 0 aliphatic heterocycles. The van der Waals surface area contributed by atoms with Gasteiger partial charge in [0.05, 0.1) is 0 Å². The second kappa shape index (κ2) is 7.24. The van der Waals surface area contributed by atoms with Gasteiger partial charge in [-0.2, -0.15) is 0 Å². The molecule has 0 saturated heterocycles. The first kappa shape index (κ1) is 17.9. The van der Waals surface area contributed by atoms with Crippen LogP contribution in [0.1, 0.15) is 25.8 Å². The quantitative estimate of drug-likeness (QED) is 0.786. The predicted molar refractivity (Wildman–Crippen MR) is 83.6 cm³/mol. The summed E-state index contributed by atoms with van der Waals surface area (Å²) < 4.78 is 29.4. The predicted octanol–water partition coefficient (Wildman–Crippen LogP) is 1.70. The number of sulfonamides is 1. The summed E-state index contributed by atoms with van der Waals surface area (Å²) >= 11 is 3.21. The van der Waals surface area contributed by atoms with Crippen molar-refractivity contribution in [2.24, 2.45) is 5.14 Å². The Kier molecular flexibility index (Phi) is 6.18. The molecule has 1 amide bonds. The highest BCUT2D eigenvalue weighted by Crippen LogP contribution is 2.31. The lowest BCUT2D eigenvalue weighted by Crippen LogP contribution is -2.37. The van der Waals surface area contributed by atoms with E-state index in [4.69, 9.17) is 9.88 Å². The maximum Gasteiger partial charge on any atom is 0.260 e. The molecule has 6 nitrogen and oxygen atoms in total. The van der Waals surface area contributed by atoms with E-state index in [0.717, 1.165) is 6.42 Å². The van der Waals surface area contributed by atoms with Gasteiger partial charge in [-0.15, -0.1) is 0 Å². The topological polar surface area (TPSA) is 98.5 Å². The van der Waals surface area contributed by atoms with E-state index in [1.165, 1.54) is 6.07 Å². The van der Waals surface area contributed by atoms with Crippen LogP contribution in [0.15, 0.2) is 21.5 Å². The van der Waals surface area contributed by atoms with Gasteiger partial charge in [0.15, 0.2) is 6.10 Å². The Morgan fingerprint density at radius 3 is 2.62 bits per heavy atom. The average molecular weight is 379 g/mol. The SMILES string of the molecule is CCCNC(=O)C(C)Oc1c(C)cc(Br)cc1S(N)(=O)=O. The van der Waals surface area contributed by atoms with Crippen molar-refractivity contribution in [2.75, 3.05) is 6.54 Å². The van der Waals surface area contributed by atoms with Gasteiger partial charge in [-0.05, 0) is 38.0 Å². The van der Waals surface area contributed by atoms with Crippen molar-refractivity contribution < 1.29 is 17.9 Å². The zero-order chi connectivity index (χ0) is 16.2. The van der Waals surface area contributed by atoms with Crippen LogP contribution in [0.4, 0.5) is 0 Å². The summed E-state index contributed by atoms with van der Waals surface area (Å²) in [6.07, 6.45) is -0.0185. The highest BCUT2D eigenvalue weighted by Gasteiger charge is 2.22. The van der Waals surface area contributed by atoms with Gasteiger partial charge in [0.25, 0.3) is 5.91 Å². The Morgan fingerprint density at radius 2 is 2.10 bits per heavy atom. The van der Waals surface area contributed by atoms with Crippen LogP contribution >= 0.6 is 15.9 Å². The summed E-state index contributed by atoms with van der Waals surface area (Å²) in [7, 11) is -3.95. The van der Waals surface area contributed by atoms with Gasteiger partial charge < -0.3 is 10.1 Å². The molecule has 0 aliphatic carbocycles. The Morgan fingerprint density at radius 1 is 1.48 bits per heavy atom. The Balaban J connectivity index is 3.11. The molecule has 3 N–H and O–H groups in total. The minimum Gasteiger partial charge on any atom is -0.479 e. The molecule has 0 radical (unpaired) electrons. The number of ether oxygens (including phenoxy) is 1. The van der Waals surface area contributed by atoms with Crippen LogP contribution in [-0.4, -0.2) is 27.0 Å². The fraction of sp³-hybridized carbons (Fsp3) is 0.462. The first-order valence-corrected chi connectivity index (χ1v) is 8.78. The molecule has 21 heavy (non-hydrogen) atoms. The monoisotopic (exact) mass is 378 g/mol. The van der Waals surface area contributed by atoms with Crippen molar-refractivity contribution in [3.63, 3.8) is 0 Å². The number of benzene rings is 1. The standard InChI is InChI=1S/C13H19BrN2O4S/c1-4-5-16-13(17)9(3)20-12-8(2)6-10(14)7-11(12)21(15,18)19/h6-7,9H,4-5H2,1-3H3,(H,16,17)(H2,15,18,19). The molecular weight excluding hydrogens is 360 g/mol. The number of amides is 1. The molecule has 0 heterocycles. The van der Waals surface area contributed by atoms with E-state index in [0.29, 0.717) is 16.6 Å². The van der Waals surface area contributed by atoms with Crippen LogP contribution in [0.2, 0.25) is 0 Å². The van der Waals surface area contributed by atoms with E-state index in [2.05, 4.69) is 21.2 Å². The lowest BCUT2D eigenvalue weighted by molar-refractivity contribution is -0.127. The van der Waals surface area contributed by atoms with Gasteiger partial charge in [-0.25, -0.2) is 13.6 Å². The molecule has 1 aromatic rings. The fourth-order valence-electron chi connectivity index (χ4n) is 1.68. The van der Waals surface area contributed by atoms with Crippen molar-refractivity contribution in [1.29, 1.82) is 0 Å². The zero-order valence-electron chi connectivity index (χ0n) is 12.1. The first-order valence-electron chi connectivity index (χ1n) is 6.44.